The molecule has 1 amide bonds. The van der Waals surface area contributed by atoms with E-state index in [1.807, 2.05) is 36.5 Å². The van der Waals surface area contributed by atoms with Crippen LogP contribution in [0.2, 0.25) is 5.02 Å². The number of halogens is 1. The number of aromatic nitrogens is 4. The number of carbonyl (C=O) groups is 1. The van der Waals surface area contributed by atoms with Crippen LogP contribution in [-0.2, 0) is 13.1 Å². The van der Waals surface area contributed by atoms with Crippen LogP contribution in [0.4, 0.5) is 5.69 Å². The summed E-state index contributed by atoms with van der Waals surface area (Å²) in [5, 5.41) is 11.7. The lowest BCUT2D eigenvalue weighted by molar-refractivity contribution is 0.0994. The Kier molecular flexibility index (Phi) is 4.76. The van der Waals surface area contributed by atoms with Crippen LogP contribution in [-0.4, -0.2) is 25.5 Å². The molecule has 0 saturated carbocycles. The summed E-state index contributed by atoms with van der Waals surface area (Å²) in [5.41, 5.74) is 1.67. The van der Waals surface area contributed by atoms with Crippen molar-refractivity contribution in [2.45, 2.75) is 13.1 Å². The Morgan fingerprint density at radius 1 is 1.11 bits per heavy atom. The van der Waals surface area contributed by atoms with Crippen molar-refractivity contribution in [2.75, 3.05) is 5.32 Å². The van der Waals surface area contributed by atoms with Gasteiger partial charge >= 0.3 is 0 Å². The molecule has 27 heavy (non-hydrogen) atoms. The number of nitrogens with zero attached hydrogens (tertiary/aromatic N) is 4. The molecule has 0 spiro atoms. The van der Waals surface area contributed by atoms with Gasteiger partial charge in [0.15, 0.2) is 5.76 Å². The molecule has 4 rings (SSSR count). The van der Waals surface area contributed by atoms with Gasteiger partial charge in [0.2, 0.25) is 0 Å². The number of amides is 1. The zero-order valence-electron chi connectivity index (χ0n) is 14.2. The maximum Gasteiger partial charge on any atom is 0.291 e. The monoisotopic (exact) mass is 381 g/mol. The van der Waals surface area contributed by atoms with E-state index < -0.39 is 0 Å². The summed E-state index contributed by atoms with van der Waals surface area (Å²) < 4.78 is 9.08. The number of nitrogens with one attached hydrogen (secondary N) is 1. The number of rotatable bonds is 6. The molecule has 3 heterocycles. The molecule has 0 bridgehead atoms. The van der Waals surface area contributed by atoms with Crippen molar-refractivity contribution in [3.05, 3.63) is 89.4 Å². The van der Waals surface area contributed by atoms with Gasteiger partial charge < -0.3 is 9.73 Å². The van der Waals surface area contributed by atoms with Gasteiger partial charge in [0.25, 0.3) is 5.91 Å². The van der Waals surface area contributed by atoms with Crippen LogP contribution >= 0.6 is 11.6 Å². The minimum atomic E-state index is -0.305. The van der Waals surface area contributed by atoms with Gasteiger partial charge in [0, 0.05) is 24.3 Å². The minimum absolute atomic E-state index is 0.251. The highest BCUT2D eigenvalue weighted by molar-refractivity contribution is 6.30. The van der Waals surface area contributed by atoms with E-state index >= 15 is 0 Å². The molecule has 1 aromatic carbocycles. The van der Waals surface area contributed by atoms with Crippen molar-refractivity contribution in [1.82, 2.24) is 19.6 Å². The molecule has 0 aliphatic heterocycles. The van der Waals surface area contributed by atoms with Gasteiger partial charge in [-0.05, 0) is 35.9 Å². The van der Waals surface area contributed by atoms with Gasteiger partial charge in [-0.3, -0.25) is 14.2 Å². The predicted octanol–water partition coefficient (Wildman–Crippen LogP) is 3.67. The van der Waals surface area contributed by atoms with Crippen molar-refractivity contribution < 1.29 is 9.21 Å². The lowest BCUT2D eigenvalue weighted by Gasteiger charge is -2.07. The highest BCUT2D eigenvalue weighted by Crippen LogP contribution is 2.16. The Bertz CT molecular complexity index is 1050. The second kappa shape index (κ2) is 7.51. The standard InChI is InChI=1S/C19H16ClN5O2/c20-15-10-22-25(12-15)11-14-3-1-4-16(9-14)23-19(26)18-6-5-17(27-18)13-24-8-2-7-21-24/h1-10,12H,11,13H2,(H,23,26). The molecular formula is C19H16ClN5O2. The van der Waals surface area contributed by atoms with Crippen LogP contribution in [0.5, 0.6) is 0 Å². The second-order valence-electron chi connectivity index (χ2n) is 5.98. The molecule has 0 atom stereocenters. The largest absolute Gasteiger partial charge is 0.454 e. The predicted molar refractivity (Wildman–Crippen MR) is 101 cm³/mol. The summed E-state index contributed by atoms with van der Waals surface area (Å²) in [6.45, 7) is 1.04. The molecule has 3 aromatic heterocycles. The number of benzene rings is 1. The Hall–Kier alpha value is -3.32. The summed E-state index contributed by atoms with van der Waals surface area (Å²) in [6.07, 6.45) is 6.86. The lowest BCUT2D eigenvalue weighted by Crippen LogP contribution is -2.11. The molecule has 0 aliphatic carbocycles. The van der Waals surface area contributed by atoms with Gasteiger partial charge in [0.05, 0.1) is 24.3 Å². The molecular weight excluding hydrogens is 366 g/mol. The van der Waals surface area contributed by atoms with Crippen LogP contribution in [0.1, 0.15) is 21.9 Å². The number of carbonyl (C=O) groups excluding carboxylic acids is 1. The van der Waals surface area contributed by atoms with E-state index in [2.05, 4.69) is 15.5 Å². The third-order valence-electron chi connectivity index (χ3n) is 3.89. The van der Waals surface area contributed by atoms with E-state index in [0.29, 0.717) is 29.6 Å². The van der Waals surface area contributed by atoms with Gasteiger partial charge in [-0.2, -0.15) is 10.2 Å². The molecule has 7 nitrogen and oxygen atoms in total. The summed E-state index contributed by atoms with van der Waals surface area (Å²) in [6, 6.07) is 12.8. The maximum absolute atomic E-state index is 12.4. The molecule has 8 heteroatoms. The molecule has 0 fully saturated rings. The summed E-state index contributed by atoms with van der Waals surface area (Å²) in [4.78, 5) is 12.4. The summed E-state index contributed by atoms with van der Waals surface area (Å²) in [5.74, 6) is 0.607. The van der Waals surface area contributed by atoms with Crippen molar-refractivity contribution in [1.29, 1.82) is 0 Å². The molecule has 0 radical (unpaired) electrons. The highest BCUT2D eigenvalue weighted by atomic mass is 35.5. The Balaban J connectivity index is 1.42. The summed E-state index contributed by atoms with van der Waals surface area (Å²) in [7, 11) is 0. The fraction of sp³-hybridized carbons (Fsp3) is 0.105. The van der Waals surface area contributed by atoms with Crippen molar-refractivity contribution in [3.63, 3.8) is 0 Å². The quantitative estimate of drug-likeness (QED) is 0.552. The zero-order valence-corrected chi connectivity index (χ0v) is 15.0. The third kappa shape index (κ3) is 4.27. The topological polar surface area (TPSA) is 77.9 Å². The fourth-order valence-corrected chi connectivity index (χ4v) is 2.85. The fourth-order valence-electron chi connectivity index (χ4n) is 2.69. The van der Waals surface area contributed by atoms with Gasteiger partial charge in [0.1, 0.15) is 5.76 Å². The second-order valence-corrected chi connectivity index (χ2v) is 6.42. The van der Waals surface area contributed by atoms with Crippen LogP contribution < -0.4 is 5.32 Å². The smallest absolute Gasteiger partial charge is 0.291 e. The molecule has 4 aromatic rings. The van der Waals surface area contributed by atoms with Gasteiger partial charge in [-0.1, -0.05) is 23.7 Å². The zero-order chi connectivity index (χ0) is 18.6. The van der Waals surface area contributed by atoms with Crippen molar-refractivity contribution in [2.24, 2.45) is 0 Å². The van der Waals surface area contributed by atoms with Crippen LogP contribution in [0.3, 0.4) is 0 Å². The average Bonchev–Trinajstić information content (AvgIpc) is 3.39. The molecule has 0 saturated heterocycles. The van der Waals surface area contributed by atoms with Crippen LogP contribution in [0, 0.1) is 0 Å². The van der Waals surface area contributed by atoms with E-state index in [1.54, 1.807) is 40.1 Å². The first-order valence-electron chi connectivity index (χ1n) is 8.30. The Morgan fingerprint density at radius 3 is 2.81 bits per heavy atom. The van der Waals surface area contributed by atoms with E-state index in [9.17, 15) is 4.79 Å². The van der Waals surface area contributed by atoms with Gasteiger partial charge in [-0.25, -0.2) is 0 Å². The highest BCUT2D eigenvalue weighted by Gasteiger charge is 2.12. The Labute approximate surface area is 160 Å². The van der Waals surface area contributed by atoms with E-state index in [1.165, 1.54) is 0 Å². The Morgan fingerprint density at radius 2 is 2.04 bits per heavy atom. The maximum atomic E-state index is 12.4. The van der Waals surface area contributed by atoms with E-state index in [-0.39, 0.29) is 11.7 Å². The first kappa shape index (κ1) is 17.1. The van der Waals surface area contributed by atoms with Gasteiger partial charge in [-0.15, -0.1) is 0 Å². The minimum Gasteiger partial charge on any atom is -0.454 e. The first-order valence-corrected chi connectivity index (χ1v) is 8.68. The van der Waals surface area contributed by atoms with Crippen molar-refractivity contribution in [3.8, 4) is 0 Å². The lowest BCUT2D eigenvalue weighted by atomic mass is 10.2. The van der Waals surface area contributed by atoms with E-state index in [4.69, 9.17) is 16.0 Å². The van der Waals surface area contributed by atoms with Crippen molar-refractivity contribution >= 4 is 23.2 Å². The van der Waals surface area contributed by atoms with Crippen LogP contribution in [0.25, 0.3) is 0 Å². The average molecular weight is 382 g/mol. The molecule has 0 unspecified atom stereocenters. The number of furan rings is 1. The van der Waals surface area contributed by atoms with E-state index in [0.717, 1.165) is 5.56 Å². The number of anilines is 1. The normalized spacial score (nSPS) is 10.9. The molecule has 1 N–H and O–H groups in total. The summed E-state index contributed by atoms with van der Waals surface area (Å²) >= 11 is 5.88. The number of hydrogen-bond acceptors (Lipinski definition) is 4. The SMILES string of the molecule is O=C(Nc1cccc(Cn2cc(Cl)cn2)c1)c1ccc(Cn2cccn2)o1. The van der Waals surface area contributed by atoms with Crippen LogP contribution in [0.15, 0.2) is 71.7 Å². The molecule has 136 valence electrons. The number of hydrogen-bond donors (Lipinski definition) is 1. The molecule has 0 aliphatic rings. The first-order chi connectivity index (χ1) is 13.2. The third-order valence-corrected chi connectivity index (χ3v) is 4.09.